The molecule has 1 fully saturated rings. The number of sulfonamides is 1. The third-order valence-corrected chi connectivity index (χ3v) is 7.28. The molecule has 0 spiro atoms. The van der Waals surface area contributed by atoms with Crippen molar-refractivity contribution in [1.82, 2.24) is 14.5 Å². The SMILES string of the molecule is Cc1cc(C(C)(C)C)cc(C)c1S(=O)(=O)N1CCN(CC(=O)NC(C)C)CC1. The summed E-state index contributed by atoms with van der Waals surface area (Å²) in [4.78, 5) is 14.4. The maximum absolute atomic E-state index is 13.3. The van der Waals surface area contributed by atoms with Gasteiger partial charge in [0.05, 0.1) is 11.4 Å². The number of rotatable bonds is 5. The molecule has 1 amide bonds. The zero-order chi connectivity index (χ0) is 21.3. The Hall–Kier alpha value is -1.44. The molecule has 0 unspecified atom stereocenters. The fourth-order valence-electron chi connectivity index (χ4n) is 3.62. The third-order valence-electron chi connectivity index (χ3n) is 5.07. The predicted molar refractivity (Wildman–Crippen MR) is 113 cm³/mol. The number of aryl methyl sites for hydroxylation is 2. The first-order valence-corrected chi connectivity index (χ1v) is 11.4. The molecule has 158 valence electrons. The van der Waals surface area contributed by atoms with Gasteiger partial charge in [0.1, 0.15) is 0 Å². The minimum atomic E-state index is -3.55. The van der Waals surface area contributed by atoms with Crippen LogP contribution in [-0.4, -0.2) is 62.3 Å². The van der Waals surface area contributed by atoms with Gasteiger partial charge >= 0.3 is 0 Å². The molecule has 0 aliphatic carbocycles. The van der Waals surface area contributed by atoms with Crippen molar-refractivity contribution in [3.8, 4) is 0 Å². The highest BCUT2D eigenvalue weighted by atomic mass is 32.2. The van der Waals surface area contributed by atoms with Crippen LogP contribution in [0, 0.1) is 13.8 Å². The van der Waals surface area contributed by atoms with Gasteiger partial charge in [0.15, 0.2) is 0 Å². The van der Waals surface area contributed by atoms with Crippen LogP contribution in [0.4, 0.5) is 0 Å². The van der Waals surface area contributed by atoms with E-state index in [2.05, 4.69) is 26.1 Å². The molecule has 1 aliphatic rings. The number of carbonyl (C=O) groups excluding carboxylic acids is 1. The van der Waals surface area contributed by atoms with E-state index in [1.54, 1.807) is 4.31 Å². The van der Waals surface area contributed by atoms with Gasteiger partial charge in [0.25, 0.3) is 0 Å². The van der Waals surface area contributed by atoms with Crippen molar-refractivity contribution in [3.63, 3.8) is 0 Å². The minimum absolute atomic E-state index is 0.0178. The van der Waals surface area contributed by atoms with Crippen LogP contribution in [0.15, 0.2) is 17.0 Å². The zero-order valence-electron chi connectivity index (χ0n) is 18.3. The van der Waals surface area contributed by atoms with Gasteiger partial charge < -0.3 is 5.32 Å². The summed E-state index contributed by atoms with van der Waals surface area (Å²) in [6.45, 7) is 16.2. The molecule has 0 aromatic heterocycles. The summed E-state index contributed by atoms with van der Waals surface area (Å²) in [5, 5.41) is 2.88. The molecule has 1 saturated heterocycles. The van der Waals surface area contributed by atoms with Gasteiger partial charge in [-0.2, -0.15) is 4.31 Å². The number of carbonyl (C=O) groups is 1. The average Bonchev–Trinajstić information content (AvgIpc) is 2.52. The molecule has 6 nitrogen and oxygen atoms in total. The Morgan fingerprint density at radius 1 is 1.07 bits per heavy atom. The summed E-state index contributed by atoms with van der Waals surface area (Å²) < 4.78 is 28.1. The van der Waals surface area contributed by atoms with Crippen molar-refractivity contribution in [2.75, 3.05) is 32.7 Å². The molecule has 1 N–H and O–H groups in total. The standard InChI is InChI=1S/C21H35N3O3S/c1-15(2)22-19(25)14-23-8-10-24(11-9-23)28(26,27)20-16(3)12-18(13-17(20)4)21(5,6)7/h12-13,15H,8-11,14H2,1-7H3,(H,22,25). The van der Waals surface area contributed by atoms with Crippen molar-refractivity contribution in [3.05, 3.63) is 28.8 Å². The number of nitrogens with zero attached hydrogens (tertiary/aromatic N) is 2. The predicted octanol–water partition coefficient (Wildman–Crippen LogP) is 2.43. The molecule has 0 radical (unpaired) electrons. The van der Waals surface area contributed by atoms with Crippen molar-refractivity contribution >= 4 is 15.9 Å². The van der Waals surface area contributed by atoms with Crippen molar-refractivity contribution in [2.24, 2.45) is 0 Å². The van der Waals surface area contributed by atoms with Gasteiger partial charge in [-0.1, -0.05) is 32.9 Å². The van der Waals surface area contributed by atoms with Crippen LogP contribution in [0.3, 0.4) is 0 Å². The Kier molecular flexibility index (Phi) is 6.94. The Bertz CT molecular complexity index is 795. The number of piperazine rings is 1. The Morgan fingerprint density at radius 3 is 2.00 bits per heavy atom. The van der Waals surface area contributed by atoms with Crippen LogP contribution < -0.4 is 5.32 Å². The largest absolute Gasteiger partial charge is 0.353 e. The van der Waals surface area contributed by atoms with E-state index in [4.69, 9.17) is 0 Å². The van der Waals surface area contributed by atoms with Crippen LogP contribution in [0.1, 0.15) is 51.3 Å². The molecule has 0 saturated carbocycles. The van der Waals surface area contributed by atoms with Gasteiger partial charge in [-0.25, -0.2) is 8.42 Å². The lowest BCUT2D eigenvalue weighted by atomic mass is 9.85. The number of benzene rings is 1. The normalized spacial score (nSPS) is 17.1. The second-order valence-corrected chi connectivity index (χ2v) is 11.0. The second kappa shape index (κ2) is 8.51. The first-order valence-electron chi connectivity index (χ1n) is 9.96. The van der Waals surface area contributed by atoms with Crippen LogP contribution in [0.25, 0.3) is 0 Å². The topological polar surface area (TPSA) is 69.7 Å². The Morgan fingerprint density at radius 2 is 1.57 bits per heavy atom. The zero-order valence-corrected chi connectivity index (χ0v) is 19.1. The second-order valence-electron chi connectivity index (χ2n) is 9.09. The fraction of sp³-hybridized carbons (Fsp3) is 0.667. The fourth-order valence-corrected chi connectivity index (χ4v) is 5.45. The summed E-state index contributed by atoms with van der Waals surface area (Å²) in [5.41, 5.74) is 2.70. The van der Waals surface area contributed by atoms with Gasteiger partial charge in [0.2, 0.25) is 15.9 Å². The maximum atomic E-state index is 13.3. The molecule has 1 aromatic carbocycles. The van der Waals surface area contributed by atoms with Gasteiger partial charge in [-0.3, -0.25) is 9.69 Å². The molecular weight excluding hydrogens is 374 g/mol. The van der Waals surface area contributed by atoms with E-state index in [0.29, 0.717) is 37.6 Å². The maximum Gasteiger partial charge on any atom is 0.243 e. The summed E-state index contributed by atoms with van der Waals surface area (Å²) in [6, 6.07) is 4.09. The van der Waals surface area contributed by atoms with Crippen molar-refractivity contribution in [2.45, 2.75) is 64.8 Å². The van der Waals surface area contributed by atoms with E-state index >= 15 is 0 Å². The molecule has 1 aromatic rings. The highest BCUT2D eigenvalue weighted by Gasteiger charge is 2.32. The number of hydrogen-bond donors (Lipinski definition) is 1. The summed E-state index contributed by atoms with van der Waals surface area (Å²) in [5.74, 6) is -0.0178. The molecule has 28 heavy (non-hydrogen) atoms. The van der Waals surface area contributed by atoms with Crippen molar-refractivity contribution in [1.29, 1.82) is 0 Å². The van der Waals surface area contributed by atoms with Crippen LogP contribution in [0.2, 0.25) is 0 Å². The lowest BCUT2D eigenvalue weighted by molar-refractivity contribution is -0.123. The van der Waals surface area contributed by atoms with E-state index in [9.17, 15) is 13.2 Å². The number of hydrogen-bond acceptors (Lipinski definition) is 4. The molecule has 0 bridgehead atoms. The number of amides is 1. The number of nitrogens with one attached hydrogen (secondary N) is 1. The smallest absolute Gasteiger partial charge is 0.243 e. The minimum Gasteiger partial charge on any atom is -0.353 e. The summed E-state index contributed by atoms with van der Waals surface area (Å²) >= 11 is 0. The first-order chi connectivity index (χ1) is 12.8. The average molecular weight is 410 g/mol. The van der Waals surface area contributed by atoms with E-state index in [-0.39, 0.29) is 17.4 Å². The lowest BCUT2D eigenvalue weighted by Crippen LogP contribution is -2.51. The van der Waals surface area contributed by atoms with E-state index in [1.165, 1.54) is 0 Å². The van der Waals surface area contributed by atoms with Crippen LogP contribution in [-0.2, 0) is 20.2 Å². The summed E-state index contributed by atoms with van der Waals surface area (Å²) in [6.07, 6.45) is 0. The van der Waals surface area contributed by atoms with E-state index < -0.39 is 10.0 Å². The van der Waals surface area contributed by atoms with Gasteiger partial charge in [-0.15, -0.1) is 0 Å². The molecule has 0 atom stereocenters. The Balaban J connectivity index is 2.14. The van der Waals surface area contributed by atoms with Gasteiger partial charge in [0, 0.05) is 32.2 Å². The third kappa shape index (κ3) is 5.33. The van der Waals surface area contributed by atoms with E-state index in [0.717, 1.165) is 16.7 Å². The highest BCUT2D eigenvalue weighted by molar-refractivity contribution is 7.89. The summed E-state index contributed by atoms with van der Waals surface area (Å²) in [7, 11) is -3.55. The molecule has 1 heterocycles. The van der Waals surface area contributed by atoms with Gasteiger partial charge in [-0.05, 0) is 49.8 Å². The molecular formula is C21H35N3O3S. The lowest BCUT2D eigenvalue weighted by Gasteiger charge is -2.34. The quantitative estimate of drug-likeness (QED) is 0.811. The monoisotopic (exact) mass is 409 g/mol. The van der Waals surface area contributed by atoms with Crippen LogP contribution >= 0.6 is 0 Å². The Labute approximate surface area is 170 Å². The molecule has 2 rings (SSSR count). The van der Waals surface area contributed by atoms with Crippen molar-refractivity contribution < 1.29 is 13.2 Å². The highest BCUT2D eigenvalue weighted by Crippen LogP contribution is 2.31. The molecule has 1 aliphatic heterocycles. The van der Waals surface area contributed by atoms with E-state index in [1.807, 2.05) is 44.7 Å². The van der Waals surface area contributed by atoms with Crippen LogP contribution in [0.5, 0.6) is 0 Å². The first kappa shape index (κ1) is 22.8. The molecule has 7 heteroatoms.